The smallest absolute Gasteiger partial charge is 0.421 e. The Morgan fingerprint density at radius 1 is 0.886 bits per heavy atom. The Hall–Kier alpha value is -3.17. The Morgan fingerprint density at radius 3 is 2.26 bits per heavy atom. The number of benzene rings is 2. The standard InChI is InChI=1S/C26H31FN2O6/c1-32-22-11-8-20(17-23(22)33-2)12-16-29-15-4-14-28(18-26(29)34-24(30)25(31)35-26)13-3-5-19-6-9-21(27)10-7-19/h6-11,17H,3-5,12-16,18H2,1-2H3. The maximum Gasteiger partial charge on any atom is 0.421 e. The molecule has 1 spiro atoms. The van der Waals surface area contributed by atoms with E-state index in [4.69, 9.17) is 18.9 Å². The number of methoxy groups -OCH3 is 2. The van der Waals surface area contributed by atoms with E-state index < -0.39 is 17.8 Å². The maximum absolute atomic E-state index is 13.1. The van der Waals surface area contributed by atoms with E-state index in [2.05, 4.69) is 4.90 Å². The van der Waals surface area contributed by atoms with Crippen molar-refractivity contribution in [1.82, 2.24) is 9.80 Å². The number of ether oxygens (including phenoxy) is 4. The first-order valence-electron chi connectivity index (χ1n) is 11.8. The summed E-state index contributed by atoms with van der Waals surface area (Å²) in [5.41, 5.74) is 2.08. The third-order valence-corrected chi connectivity index (χ3v) is 6.45. The van der Waals surface area contributed by atoms with E-state index in [-0.39, 0.29) is 12.4 Å². The molecular weight excluding hydrogens is 455 g/mol. The van der Waals surface area contributed by atoms with Crippen molar-refractivity contribution >= 4 is 11.9 Å². The largest absolute Gasteiger partial charge is 0.493 e. The fourth-order valence-corrected chi connectivity index (χ4v) is 4.64. The first-order chi connectivity index (χ1) is 16.9. The molecule has 2 fully saturated rings. The molecule has 2 heterocycles. The zero-order valence-electron chi connectivity index (χ0n) is 20.1. The minimum atomic E-state index is -1.43. The van der Waals surface area contributed by atoms with Crippen LogP contribution in [0.1, 0.15) is 24.0 Å². The molecule has 0 atom stereocenters. The summed E-state index contributed by atoms with van der Waals surface area (Å²) in [5, 5.41) is 0. The van der Waals surface area contributed by atoms with Crippen molar-refractivity contribution in [3.63, 3.8) is 0 Å². The van der Waals surface area contributed by atoms with Gasteiger partial charge in [-0.05, 0) is 74.2 Å². The molecule has 0 aromatic heterocycles. The van der Waals surface area contributed by atoms with E-state index in [1.54, 1.807) is 26.4 Å². The van der Waals surface area contributed by atoms with Crippen LogP contribution in [0, 0.1) is 5.82 Å². The van der Waals surface area contributed by atoms with E-state index in [1.807, 2.05) is 23.1 Å². The number of rotatable bonds is 9. The van der Waals surface area contributed by atoms with Crippen molar-refractivity contribution in [2.24, 2.45) is 0 Å². The van der Waals surface area contributed by atoms with Crippen molar-refractivity contribution < 1.29 is 32.9 Å². The summed E-state index contributed by atoms with van der Waals surface area (Å²) in [4.78, 5) is 28.2. The van der Waals surface area contributed by atoms with Crippen LogP contribution in [0.25, 0.3) is 0 Å². The average Bonchev–Trinajstić information content (AvgIpc) is 3.04. The molecule has 9 heteroatoms. The van der Waals surface area contributed by atoms with Crippen LogP contribution in [-0.4, -0.2) is 74.6 Å². The van der Waals surface area contributed by atoms with E-state index in [0.29, 0.717) is 31.0 Å². The molecule has 0 unspecified atom stereocenters. The molecule has 0 N–H and O–H groups in total. The molecule has 2 aliphatic rings. The zero-order chi connectivity index (χ0) is 24.8. The Bertz CT molecular complexity index is 1030. The Balaban J connectivity index is 1.42. The molecule has 0 aliphatic carbocycles. The van der Waals surface area contributed by atoms with Crippen LogP contribution in [0.5, 0.6) is 11.5 Å². The highest BCUT2D eigenvalue weighted by Gasteiger charge is 2.54. The average molecular weight is 487 g/mol. The van der Waals surface area contributed by atoms with E-state index in [0.717, 1.165) is 43.5 Å². The Kier molecular flexibility index (Phi) is 7.87. The number of nitrogens with zero attached hydrogens (tertiary/aromatic N) is 2. The van der Waals surface area contributed by atoms with Gasteiger partial charge in [-0.15, -0.1) is 0 Å². The van der Waals surface area contributed by atoms with Gasteiger partial charge in [0, 0.05) is 13.1 Å². The third kappa shape index (κ3) is 5.91. The van der Waals surface area contributed by atoms with Gasteiger partial charge in [-0.1, -0.05) is 18.2 Å². The molecule has 0 bridgehead atoms. The SMILES string of the molecule is COc1ccc(CCN2CCCN(CCCc3ccc(F)cc3)CC23OC(=O)C(=O)O3)cc1OC. The van der Waals surface area contributed by atoms with Crippen LogP contribution >= 0.6 is 0 Å². The topological polar surface area (TPSA) is 77.5 Å². The van der Waals surface area contributed by atoms with Gasteiger partial charge in [0.05, 0.1) is 20.8 Å². The fourth-order valence-electron chi connectivity index (χ4n) is 4.64. The molecule has 2 aromatic carbocycles. The minimum absolute atomic E-state index is 0.249. The maximum atomic E-state index is 13.1. The molecule has 188 valence electrons. The number of esters is 2. The minimum Gasteiger partial charge on any atom is -0.493 e. The van der Waals surface area contributed by atoms with E-state index >= 15 is 0 Å². The summed E-state index contributed by atoms with van der Waals surface area (Å²) in [5.74, 6) is -2.32. The molecule has 0 radical (unpaired) electrons. The summed E-state index contributed by atoms with van der Waals surface area (Å²) >= 11 is 0. The van der Waals surface area contributed by atoms with Crippen molar-refractivity contribution in [3.8, 4) is 11.5 Å². The molecule has 2 aliphatic heterocycles. The molecule has 4 rings (SSSR count). The van der Waals surface area contributed by atoms with Gasteiger partial charge in [-0.25, -0.2) is 18.9 Å². The number of aryl methyl sites for hydroxylation is 1. The van der Waals surface area contributed by atoms with Gasteiger partial charge in [-0.3, -0.25) is 4.90 Å². The summed E-state index contributed by atoms with van der Waals surface area (Å²) < 4.78 is 35.0. The number of carbonyl (C=O) groups is 2. The van der Waals surface area contributed by atoms with Crippen molar-refractivity contribution in [2.75, 3.05) is 46.9 Å². The van der Waals surface area contributed by atoms with Gasteiger partial charge >= 0.3 is 17.8 Å². The van der Waals surface area contributed by atoms with Crippen LogP contribution in [0.4, 0.5) is 4.39 Å². The first-order valence-corrected chi connectivity index (χ1v) is 11.8. The predicted octanol–water partition coefficient (Wildman–Crippen LogP) is 2.78. The molecule has 2 aromatic rings. The molecule has 8 nitrogen and oxygen atoms in total. The monoisotopic (exact) mass is 486 g/mol. The summed E-state index contributed by atoms with van der Waals surface area (Å²) in [6.07, 6.45) is 3.11. The second kappa shape index (κ2) is 11.0. The zero-order valence-corrected chi connectivity index (χ0v) is 20.1. The highest BCUT2D eigenvalue weighted by atomic mass is 19.1. The first kappa shape index (κ1) is 24.9. The van der Waals surface area contributed by atoms with Crippen molar-refractivity contribution in [3.05, 3.63) is 59.4 Å². The molecular formula is C26H31FN2O6. The predicted molar refractivity (Wildman–Crippen MR) is 126 cm³/mol. The van der Waals surface area contributed by atoms with E-state index in [1.165, 1.54) is 12.1 Å². The normalized spacial score (nSPS) is 18.3. The number of hydrogen-bond donors (Lipinski definition) is 0. The van der Waals surface area contributed by atoms with Gasteiger partial charge in [0.25, 0.3) is 0 Å². The molecule has 0 amide bonds. The van der Waals surface area contributed by atoms with Crippen molar-refractivity contribution in [1.29, 1.82) is 0 Å². The van der Waals surface area contributed by atoms with Gasteiger partial charge < -0.3 is 18.9 Å². The second-order valence-corrected chi connectivity index (χ2v) is 8.78. The number of halogens is 1. The van der Waals surface area contributed by atoms with Gasteiger partial charge in [0.1, 0.15) is 5.82 Å². The van der Waals surface area contributed by atoms with Crippen LogP contribution in [-0.2, 0) is 31.9 Å². The second-order valence-electron chi connectivity index (χ2n) is 8.78. The lowest BCUT2D eigenvalue weighted by atomic mass is 10.1. The van der Waals surface area contributed by atoms with Crippen molar-refractivity contribution in [2.45, 2.75) is 31.6 Å². The Labute approximate surface area is 204 Å². The molecule has 0 saturated carbocycles. The highest BCUT2D eigenvalue weighted by molar-refractivity contribution is 6.31. The quantitative estimate of drug-likeness (QED) is 0.396. The fraction of sp³-hybridized carbons (Fsp3) is 0.462. The lowest BCUT2D eigenvalue weighted by Crippen LogP contribution is -2.56. The Morgan fingerprint density at radius 2 is 1.57 bits per heavy atom. The lowest BCUT2D eigenvalue weighted by Gasteiger charge is -2.37. The molecule has 35 heavy (non-hydrogen) atoms. The summed E-state index contributed by atoms with van der Waals surface area (Å²) in [7, 11) is 3.18. The van der Waals surface area contributed by atoms with Crippen LogP contribution in [0.2, 0.25) is 0 Å². The lowest BCUT2D eigenvalue weighted by molar-refractivity contribution is -0.252. The van der Waals surface area contributed by atoms with Crippen LogP contribution in [0.3, 0.4) is 0 Å². The third-order valence-electron chi connectivity index (χ3n) is 6.45. The summed E-state index contributed by atoms with van der Waals surface area (Å²) in [6, 6.07) is 12.2. The number of carbonyl (C=O) groups excluding carboxylic acids is 2. The summed E-state index contributed by atoms with van der Waals surface area (Å²) in [6.45, 7) is 2.94. The van der Waals surface area contributed by atoms with Crippen LogP contribution in [0.15, 0.2) is 42.5 Å². The molecule has 2 saturated heterocycles. The number of hydrogen-bond acceptors (Lipinski definition) is 8. The van der Waals surface area contributed by atoms with Gasteiger partial charge in [0.15, 0.2) is 11.5 Å². The highest BCUT2D eigenvalue weighted by Crippen LogP contribution is 2.31. The van der Waals surface area contributed by atoms with Gasteiger partial charge in [0.2, 0.25) is 0 Å². The van der Waals surface area contributed by atoms with Crippen LogP contribution < -0.4 is 9.47 Å². The van der Waals surface area contributed by atoms with Gasteiger partial charge in [-0.2, -0.15) is 0 Å². The van der Waals surface area contributed by atoms with E-state index in [9.17, 15) is 14.0 Å².